The number of aromatic nitrogens is 1. The molecule has 3 rings (SSSR count). The van der Waals surface area contributed by atoms with Crippen molar-refractivity contribution in [2.45, 2.75) is 39.7 Å². The van der Waals surface area contributed by atoms with Gasteiger partial charge in [0.2, 0.25) is 0 Å². The van der Waals surface area contributed by atoms with Crippen molar-refractivity contribution in [3.05, 3.63) is 40.8 Å². The van der Waals surface area contributed by atoms with Gasteiger partial charge in [-0.3, -0.25) is 0 Å². The van der Waals surface area contributed by atoms with Crippen LogP contribution in [0.1, 0.15) is 29.5 Å². The molecule has 2 N–H and O–H groups in total. The second kappa shape index (κ2) is 6.32. The van der Waals surface area contributed by atoms with Crippen molar-refractivity contribution in [3.8, 4) is 5.75 Å². The Morgan fingerprint density at radius 1 is 1.39 bits per heavy atom. The van der Waals surface area contributed by atoms with Crippen molar-refractivity contribution in [1.82, 2.24) is 10.5 Å². The average Bonchev–Trinajstić information content (AvgIpc) is 2.87. The van der Waals surface area contributed by atoms with E-state index in [0.29, 0.717) is 30.2 Å². The van der Waals surface area contributed by atoms with Gasteiger partial charge in [0.05, 0.1) is 6.04 Å². The van der Waals surface area contributed by atoms with E-state index in [0.717, 1.165) is 23.3 Å². The number of hydrogen-bond acceptors (Lipinski definition) is 4. The van der Waals surface area contributed by atoms with Gasteiger partial charge < -0.3 is 19.9 Å². The summed E-state index contributed by atoms with van der Waals surface area (Å²) in [4.78, 5) is 12.2. The summed E-state index contributed by atoms with van der Waals surface area (Å²) >= 11 is 0. The molecular weight excluding hydrogens is 294 g/mol. The molecule has 0 fully saturated rings. The molecular formula is C17H21N3O3. The lowest BCUT2D eigenvalue weighted by Gasteiger charge is -2.27. The molecule has 0 saturated carbocycles. The number of anilines is 1. The van der Waals surface area contributed by atoms with Gasteiger partial charge in [0.1, 0.15) is 23.7 Å². The molecule has 23 heavy (non-hydrogen) atoms. The van der Waals surface area contributed by atoms with Crippen LogP contribution < -0.4 is 15.4 Å². The minimum Gasteiger partial charge on any atom is -0.491 e. The van der Waals surface area contributed by atoms with Crippen molar-refractivity contribution in [1.29, 1.82) is 0 Å². The number of hydrogen-bond donors (Lipinski definition) is 2. The lowest BCUT2D eigenvalue weighted by Crippen LogP contribution is -2.44. The topological polar surface area (TPSA) is 76.4 Å². The molecule has 1 atom stereocenters. The maximum absolute atomic E-state index is 12.2. The number of amides is 2. The third-order valence-corrected chi connectivity index (χ3v) is 4.02. The van der Waals surface area contributed by atoms with E-state index in [4.69, 9.17) is 9.26 Å². The zero-order valence-corrected chi connectivity index (χ0v) is 13.6. The van der Waals surface area contributed by atoms with Crippen molar-refractivity contribution in [2.75, 3.05) is 11.9 Å². The van der Waals surface area contributed by atoms with Crippen LogP contribution in [0, 0.1) is 13.8 Å². The van der Waals surface area contributed by atoms with Gasteiger partial charge in [-0.05, 0) is 31.4 Å². The highest BCUT2D eigenvalue weighted by atomic mass is 16.5. The number of ether oxygens (including phenoxy) is 1. The van der Waals surface area contributed by atoms with Gasteiger partial charge >= 0.3 is 6.03 Å². The standard InChI is InChI=1S/C17H21N3O3/c1-4-14-15(11(3)20-23-14)19-17(21)18-13-8-12-7-5-6-10(2)16(12)22-9-13/h5-7,13H,4,8-9H2,1-3H3,(H2,18,19,21). The number of carbonyl (C=O) groups is 1. The van der Waals surface area contributed by atoms with Crippen LogP contribution in [0.4, 0.5) is 10.5 Å². The molecule has 1 aliphatic rings. The third kappa shape index (κ3) is 3.16. The number of fused-ring (bicyclic) bond motifs is 1. The van der Waals surface area contributed by atoms with Crippen LogP contribution in [0.3, 0.4) is 0 Å². The fourth-order valence-corrected chi connectivity index (χ4v) is 2.83. The van der Waals surface area contributed by atoms with Crippen molar-refractivity contribution in [2.24, 2.45) is 0 Å². The lowest BCUT2D eigenvalue weighted by molar-refractivity contribution is 0.222. The summed E-state index contributed by atoms with van der Waals surface area (Å²) in [6, 6.07) is 5.74. The highest BCUT2D eigenvalue weighted by Gasteiger charge is 2.23. The van der Waals surface area contributed by atoms with Gasteiger partial charge in [0.15, 0.2) is 5.76 Å². The van der Waals surface area contributed by atoms with Crippen LogP contribution in [-0.2, 0) is 12.8 Å². The lowest BCUT2D eigenvalue weighted by atomic mass is 10.0. The number of benzene rings is 1. The Bertz CT molecular complexity index is 724. The molecule has 1 unspecified atom stereocenters. The predicted octanol–water partition coefficient (Wildman–Crippen LogP) is 2.98. The Morgan fingerprint density at radius 2 is 2.22 bits per heavy atom. The molecule has 6 heteroatoms. The van der Waals surface area contributed by atoms with Crippen LogP contribution in [0.5, 0.6) is 5.75 Å². The molecule has 1 aromatic heterocycles. The number of urea groups is 1. The number of para-hydroxylation sites is 1. The number of carbonyl (C=O) groups excluding carboxylic acids is 1. The Balaban J connectivity index is 1.64. The van der Waals surface area contributed by atoms with Gasteiger partial charge in [0, 0.05) is 6.42 Å². The number of nitrogens with one attached hydrogen (secondary N) is 2. The van der Waals surface area contributed by atoms with E-state index in [-0.39, 0.29) is 12.1 Å². The second-order valence-corrected chi connectivity index (χ2v) is 5.79. The van der Waals surface area contributed by atoms with Crippen LogP contribution in [0.15, 0.2) is 22.7 Å². The molecule has 1 aromatic carbocycles. The first kappa shape index (κ1) is 15.4. The zero-order valence-electron chi connectivity index (χ0n) is 13.6. The number of aryl methyl sites for hydroxylation is 3. The fourth-order valence-electron chi connectivity index (χ4n) is 2.83. The van der Waals surface area contributed by atoms with Crippen molar-refractivity contribution >= 4 is 11.7 Å². The zero-order chi connectivity index (χ0) is 16.4. The molecule has 2 heterocycles. The van der Waals surface area contributed by atoms with E-state index >= 15 is 0 Å². The Labute approximate surface area is 135 Å². The summed E-state index contributed by atoms with van der Waals surface area (Å²) in [5, 5.41) is 9.67. The molecule has 0 aliphatic carbocycles. The van der Waals surface area contributed by atoms with Crippen LogP contribution in [0.25, 0.3) is 0 Å². The normalized spacial score (nSPS) is 16.4. The van der Waals surface area contributed by atoms with E-state index in [2.05, 4.69) is 15.8 Å². The molecule has 0 radical (unpaired) electrons. The quantitative estimate of drug-likeness (QED) is 0.913. The maximum atomic E-state index is 12.2. The SMILES string of the molecule is CCc1onc(C)c1NC(=O)NC1COc2c(C)cccc2C1. The first-order valence-corrected chi connectivity index (χ1v) is 7.82. The third-order valence-electron chi connectivity index (χ3n) is 4.02. The minimum absolute atomic E-state index is 0.0606. The smallest absolute Gasteiger partial charge is 0.319 e. The molecule has 0 bridgehead atoms. The highest BCUT2D eigenvalue weighted by Crippen LogP contribution is 2.28. The van der Waals surface area contributed by atoms with E-state index in [1.165, 1.54) is 0 Å². The van der Waals surface area contributed by atoms with Gasteiger partial charge in [-0.2, -0.15) is 0 Å². The summed E-state index contributed by atoms with van der Waals surface area (Å²) in [6.45, 7) is 6.26. The maximum Gasteiger partial charge on any atom is 0.319 e. The Morgan fingerprint density at radius 3 is 3.00 bits per heavy atom. The largest absolute Gasteiger partial charge is 0.491 e. The molecule has 6 nitrogen and oxygen atoms in total. The van der Waals surface area contributed by atoms with E-state index < -0.39 is 0 Å². The molecule has 1 aliphatic heterocycles. The second-order valence-electron chi connectivity index (χ2n) is 5.79. The summed E-state index contributed by atoms with van der Waals surface area (Å²) in [7, 11) is 0. The van der Waals surface area contributed by atoms with Gasteiger partial charge in [-0.25, -0.2) is 4.79 Å². The predicted molar refractivity (Wildman–Crippen MR) is 86.9 cm³/mol. The molecule has 122 valence electrons. The summed E-state index contributed by atoms with van der Waals surface area (Å²) < 4.78 is 11.0. The van der Waals surface area contributed by atoms with Gasteiger partial charge in [0.25, 0.3) is 0 Å². The fraction of sp³-hybridized carbons (Fsp3) is 0.412. The van der Waals surface area contributed by atoms with Crippen LogP contribution in [0.2, 0.25) is 0 Å². The monoisotopic (exact) mass is 315 g/mol. The van der Waals surface area contributed by atoms with E-state index in [9.17, 15) is 4.79 Å². The highest BCUT2D eigenvalue weighted by molar-refractivity contribution is 5.90. The molecule has 0 spiro atoms. The molecule has 2 aromatic rings. The van der Waals surface area contributed by atoms with Crippen molar-refractivity contribution in [3.63, 3.8) is 0 Å². The summed E-state index contributed by atoms with van der Waals surface area (Å²) in [5.74, 6) is 1.62. The first-order chi connectivity index (χ1) is 11.1. The Kier molecular flexibility index (Phi) is 4.23. The number of rotatable bonds is 3. The average molecular weight is 315 g/mol. The van der Waals surface area contributed by atoms with Crippen LogP contribution >= 0.6 is 0 Å². The number of nitrogens with zero attached hydrogens (tertiary/aromatic N) is 1. The molecule has 2 amide bonds. The molecule has 0 saturated heterocycles. The Hall–Kier alpha value is -2.50. The van der Waals surface area contributed by atoms with Crippen molar-refractivity contribution < 1.29 is 14.1 Å². The van der Waals surface area contributed by atoms with Gasteiger partial charge in [-0.1, -0.05) is 30.3 Å². The summed E-state index contributed by atoms with van der Waals surface area (Å²) in [5.41, 5.74) is 3.57. The minimum atomic E-state index is -0.268. The first-order valence-electron chi connectivity index (χ1n) is 7.82. The van der Waals surface area contributed by atoms with Gasteiger partial charge in [-0.15, -0.1) is 0 Å². The van der Waals surface area contributed by atoms with Crippen LogP contribution in [-0.4, -0.2) is 23.8 Å². The van der Waals surface area contributed by atoms with E-state index in [1.807, 2.05) is 32.0 Å². The summed E-state index contributed by atoms with van der Waals surface area (Å²) in [6.07, 6.45) is 1.43. The van der Waals surface area contributed by atoms with E-state index in [1.54, 1.807) is 6.92 Å².